The standard InChI is InChI=1S/C20H19N5O2/c21-10-16-17(22)9-19(25-20(16)27-15-3-1-2-4-15)24-14-7-5-13(6-8-14)18-11-23-12-26-18/h5-9,11-12,15H,1-4H2,(H3,22,24,25). The largest absolute Gasteiger partial charge is 0.473 e. The highest BCUT2D eigenvalue weighted by Gasteiger charge is 2.20. The number of hydrogen-bond donors (Lipinski definition) is 2. The summed E-state index contributed by atoms with van der Waals surface area (Å²) in [5.74, 6) is 1.53. The minimum Gasteiger partial charge on any atom is -0.473 e. The first-order chi connectivity index (χ1) is 13.2. The van der Waals surface area contributed by atoms with Gasteiger partial charge in [0.1, 0.15) is 23.6 Å². The number of pyridine rings is 1. The molecule has 4 rings (SSSR count). The van der Waals surface area contributed by atoms with E-state index in [4.69, 9.17) is 14.9 Å². The van der Waals surface area contributed by atoms with Crippen LogP contribution >= 0.6 is 0 Å². The van der Waals surface area contributed by atoms with Gasteiger partial charge in [-0.2, -0.15) is 10.2 Å². The summed E-state index contributed by atoms with van der Waals surface area (Å²) < 4.78 is 11.2. The van der Waals surface area contributed by atoms with Gasteiger partial charge in [0, 0.05) is 17.3 Å². The number of rotatable bonds is 5. The van der Waals surface area contributed by atoms with E-state index >= 15 is 0 Å². The van der Waals surface area contributed by atoms with Crippen LogP contribution in [0.5, 0.6) is 5.88 Å². The van der Waals surface area contributed by atoms with Crippen molar-refractivity contribution in [3.8, 4) is 23.3 Å². The highest BCUT2D eigenvalue weighted by Crippen LogP contribution is 2.31. The summed E-state index contributed by atoms with van der Waals surface area (Å²) in [5, 5.41) is 12.6. The second-order valence-electron chi connectivity index (χ2n) is 6.48. The SMILES string of the molecule is N#Cc1c(N)cc(Nc2ccc(-c3cnco3)cc2)nc1OC1CCCC1. The quantitative estimate of drug-likeness (QED) is 0.698. The van der Waals surface area contributed by atoms with Crippen molar-refractivity contribution in [3.63, 3.8) is 0 Å². The second-order valence-corrected chi connectivity index (χ2v) is 6.48. The molecular weight excluding hydrogens is 342 g/mol. The molecule has 0 bridgehead atoms. The van der Waals surface area contributed by atoms with Gasteiger partial charge < -0.3 is 20.2 Å². The Morgan fingerprint density at radius 3 is 2.67 bits per heavy atom. The van der Waals surface area contributed by atoms with Gasteiger partial charge in [0.2, 0.25) is 5.88 Å². The average molecular weight is 361 g/mol. The number of nitrogen functional groups attached to an aromatic ring is 1. The molecule has 2 heterocycles. The number of oxazole rings is 1. The van der Waals surface area contributed by atoms with Crippen LogP contribution < -0.4 is 15.8 Å². The molecule has 0 spiro atoms. The molecule has 1 saturated carbocycles. The van der Waals surface area contributed by atoms with E-state index in [1.54, 1.807) is 12.3 Å². The van der Waals surface area contributed by atoms with E-state index in [1.165, 1.54) is 6.39 Å². The van der Waals surface area contributed by atoms with E-state index in [-0.39, 0.29) is 11.7 Å². The molecule has 7 nitrogen and oxygen atoms in total. The number of anilines is 3. The number of aromatic nitrogens is 2. The minimum atomic E-state index is 0.0976. The van der Waals surface area contributed by atoms with E-state index in [0.29, 0.717) is 23.1 Å². The molecule has 1 fully saturated rings. The molecule has 27 heavy (non-hydrogen) atoms. The number of nitriles is 1. The van der Waals surface area contributed by atoms with Gasteiger partial charge in [-0.25, -0.2) is 4.98 Å². The van der Waals surface area contributed by atoms with Crippen LogP contribution in [0.4, 0.5) is 17.2 Å². The molecule has 0 atom stereocenters. The Balaban J connectivity index is 1.56. The summed E-state index contributed by atoms with van der Waals surface area (Å²) in [7, 11) is 0. The van der Waals surface area contributed by atoms with Crippen molar-refractivity contribution < 1.29 is 9.15 Å². The number of nitrogens with one attached hydrogen (secondary N) is 1. The molecule has 0 unspecified atom stereocenters. The first-order valence-electron chi connectivity index (χ1n) is 8.86. The number of benzene rings is 1. The van der Waals surface area contributed by atoms with Crippen LogP contribution in [-0.4, -0.2) is 16.1 Å². The van der Waals surface area contributed by atoms with Crippen molar-refractivity contribution in [2.45, 2.75) is 31.8 Å². The van der Waals surface area contributed by atoms with Gasteiger partial charge in [-0.1, -0.05) is 0 Å². The third-order valence-electron chi connectivity index (χ3n) is 4.58. The summed E-state index contributed by atoms with van der Waals surface area (Å²) in [4.78, 5) is 8.39. The van der Waals surface area contributed by atoms with Gasteiger partial charge in [-0.3, -0.25) is 0 Å². The Bertz CT molecular complexity index is 955. The van der Waals surface area contributed by atoms with Gasteiger partial charge in [0.15, 0.2) is 12.2 Å². The first-order valence-corrected chi connectivity index (χ1v) is 8.86. The number of ether oxygens (including phenoxy) is 1. The molecule has 136 valence electrons. The van der Waals surface area contributed by atoms with Gasteiger partial charge in [0.25, 0.3) is 0 Å². The second kappa shape index (κ2) is 7.38. The van der Waals surface area contributed by atoms with E-state index in [1.807, 2.05) is 24.3 Å². The Labute approximate surface area is 156 Å². The zero-order chi connectivity index (χ0) is 18.6. The minimum absolute atomic E-state index is 0.0976. The van der Waals surface area contributed by atoms with Crippen molar-refractivity contribution in [2.24, 2.45) is 0 Å². The predicted molar refractivity (Wildman–Crippen MR) is 101 cm³/mol. The normalized spacial score (nSPS) is 14.0. The molecule has 1 aliphatic rings. The molecule has 0 saturated heterocycles. The van der Waals surface area contributed by atoms with Gasteiger partial charge >= 0.3 is 0 Å². The zero-order valence-electron chi connectivity index (χ0n) is 14.7. The lowest BCUT2D eigenvalue weighted by atomic mass is 10.1. The smallest absolute Gasteiger partial charge is 0.236 e. The molecule has 1 aromatic carbocycles. The molecule has 2 aromatic heterocycles. The van der Waals surface area contributed by atoms with Crippen molar-refractivity contribution in [3.05, 3.63) is 48.5 Å². The molecule has 1 aliphatic carbocycles. The Kier molecular flexibility index (Phi) is 4.62. The lowest BCUT2D eigenvalue weighted by Gasteiger charge is -2.16. The van der Waals surface area contributed by atoms with Crippen LogP contribution in [0.2, 0.25) is 0 Å². The van der Waals surface area contributed by atoms with E-state index in [0.717, 1.165) is 36.9 Å². The third kappa shape index (κ3) is 3.70. The Hall–Kier alpha value is -3.53. The first kappa shape index (κ1) is 16.9. The molecule has 3 N–H and O–H groups in total. The van der Waals surface area contributed by atoms with Gasteiger partial charge in [-0.15, -0.1) is 0 Å². The monoisotopic (exact) mass is 361 g/mol. The fourth-order valence-electron chi connectivity index (χ4n) is 3.19. The fraction of sp³-hybridized carbons (Fsp3) is 0.250. The maximum atomic E-state index is 9.39. The molecule has 0 aliphatic heterocycles. The topological polar surface area (TPSA) is 110 Å². The number of nitrogens with two attached hydrogens (primary N) is 1. The van der Waals surface area contributed by atoms with E-state index in [9.17, 15) is 5.26 Å². The average Bonchev–Trinajstić information content (AvgIpc) is 3.36. The maximum Gasteiger partial charge on any atom is 0.236 e. The van der Waals surface area contributed by atoms with Crippen LogP contribution in [-0.2, 0) is 0 Å². The van der Waals surface area contributed by atoms with E-state index in [2.05, 4.69) is 21.4 Å². The molecule has 7 heteroatoms. The van der Waals surface area contributed by atoms with Crippen LogP contribution in [0, 0.1) is 11.3 Å². The molecule has 3 aromatic rings. The van der Waals surface area contributed by atoms with Gasteiger partial charge in [-0.05, 0) is 49.9 Å². The highest BCUT2D eigenvalue weighted by atomic mass is 16.5. The molecule has 0 radical (unpaired) electrons. The van der Waals surface area contributed by atoms with Crippen molar-refractivity contribution in [1.29, 1.82) is 5.26 Å². The summed E-state index contributed by atoms with van der Waals surface area (Å²) >= 11 is 0. The number of hydrogen-bond acceptors (Lipinski definition) is 7. The van der Waals surface area contributed by atoms with Crippen molar-refractivity contribution in [1.82, 2.24) is 9.97 Å². The van der Waals surface area contributed by atoms with Crippen LogP contribution in [0.1, 0.15) is 31.2 Å². The highest BCUT2D eigenvalue weighted by molar-refractivity contribution is 5.69. The number of nitrogens with zero attached hydrogens (tertiary/aromatic N) is 3. The lowest BCUT2D eigenvalue weighted by molar-refractivity contribution is 0.201. The molecule has 0 amide bonds. The van der Waals surface area contributed by atoms with Gasteiger partial charge in [0.05, 0.1) is 11.9 Å². The summed E-state index contributed by atoms with van der Waals surface area (Å²) in [6, 6.07) is 11.4. The molecular formula is C20H19N5O2. The summed E-state index contributed by atoms with van der Waals surface area (Å²) in [6.07, 6.45) is 7.39. The Morgan fingerprint density at radius 2 is 2.00 bits per heavy atom. The maximum absolute atomic E-state index is 9.39. The fourth-order valence-corrected chi connectivity index (χ4v) is 3.19. The summed E-state index contributed by atoms with van der Waals surface area (Å²) in [6.45, 7) is 0. The third-order valence-corrected chi connectivity index (χ3v) is 4.58. The van der Waals surface area contributed by atoms with Crippen molar-refractivity contribution in [2.75, 3.05) is 11.1 Å². The van der Waals surface area contributed by atoms with Crippen LogP contribution in [0.15, 0.2) is 47.3 Å². The van der Waals surface area contributed by atoms with Crippen LogP contribution in [0.25, 0.3) is 11.3 Å². The van der Waals surface area contributed by atoms with E-state index < -0.39 is 0 Å². The summed E-state index contributed by atoms with van der Waals surface area (Å²) in [5.41, 5.74) is 8.44. The van der Waals surface area contributed by atoms with Crippen LogP contribution in [0.3, 0.4) is 0 Å². The lowest BCUT2D eigenvalue weighted by Crippen LogP contribution is -2.14. The Morgan fingerprint density at radius 1 is 1.22 bits per heavy atom. The predicted octanol–water partition coefficient (Wildman–Crippen LogP) is 4.26. The zero-order valence-corrected chi connectivity index (χ0v) is 14.7. The van der Waals surface area contributed by atoms with Crippen molar-refractivity contribution >= 4 is 17.2 Å².